The van der Waals surface area contributed by atoms with Gasteiger partial charge in [0.05, 0.1) is 12.3 Å². The van der Waals surface area contributed by atoms with Crippen molar-refractivity contribution in [1.82, 2.24) is 4.98 Å². The molecule has 0 bridgehead atoms. The van der Waals surface area contributed by atoms with Crippen molar-refractivity contribution in [1.29, 1.82) is 0 Å². The van der Waals surface area contributed by atoms with Crippen molar-refractivity contribution in [3.8, 4) is 17.0 Å². The van der Waals surface area contributed by atoms with Gasteiger partial charge in [0.2, 0.25) is 0 Å². The zero-order chi connectivity index (χ0) is 12.8. The summed E-state index contributed by atoms with van der Waals surface area (Å²) in [6, 6.07) is 7.80. The minimum Gasteiger partial charge on any atom is -0.494 e. The van der Waals surface area contributed by atoms with E-state index in [2.05, 4.69) is 11.9 Å². The van der Waals surface area contributed by atoms with Crippen LogP contribution < -0.4 is 4.74 Å². The summed E-state index contributed by atoms with van der Waals surface area (Å²) in [5.74, 6) is 0.873. The molecule has 4 heteroatoms. The van der Waals surface area contributed by atoms with Crippen LogP contribution >= 0.6 is 11.3 Å². The van der Waals surface area contributed by atoms with Crippen LogP contribution in [-0.4, -0.2) is 17.9 Å². The van der Waals surface area contributed by atoms with Gasteiger partial charge in [0.1, 0.15) is 5.75 Å². The van der Waals surface area contributed by atoms with Crippen LogP contribution in [0.4, 0.5) is 0 Å². The molecule has 94 valence electrons. The summed E-state index contributed by atoms with van der Waals surface area (Å²) in [6.07, 6.45) is 2.97. The Balaban J connectivity index is 2.04. The highest BCUT2D eigenvalue weighted by Gasteiger charge is 2.03. The van der Waals surface area contributed by atoms with Crippen LogP contribution in [0.15, 0.2) is 29.6 Å². The Bertz CT molecular complexity index is 505. The van der Waals surface area contributed by atoms with Crippen LogP contribution in [0.25, 0.3) is 11.3 Å². The zero-order valence-electron chi connectivity index (χ0n) is 10.3. The molecule has 0 aliphatic rings. The molecule has 0 fully saturated rings. The van der Waals surface area contributed by atoms with Gasteiger partial charge in [-0.2, -0.15) is 0 Å². The lowest BCUT2D eigenvalue weighted by Gasteiger charge is -2.05. The molecule has 3 nitrogen and oxygen atoms in total. The quantitative estimate of drug-likeness (QED) is 0.586. The number of carbonyl (C=O) groups excluding carboxylic acids is 1. The minimum atomic E-state index is 0.508. The van der Waals surface area contributed by atoms with Crippen molar-refractivity contribution in [2.75, 3.05) is 6.61 Å². The van der Waals surface area contributed by atoms with E-state index in [9.17, 15) is 4.79 Å². The van der Waals surface area contributed by atoms with Gasteiger partial charge in [0.15, 0.2) is 11.3 Å². The van der Waals surface area contributed by atoms with Gasteiger partial charge < -0.3 is 4.74 Å². The van der Waals surface area contributed by atoms with Crippen LogP contribution in [0, 0.1) is 0 Å². The van der Waals surface area contributed by atoms with E-state index in [1.807, 2.05) is 29.6 Å². The van der Waals surface area contributed by atoms with Gasteiger partial charge in [-0.15, -0.1) is 11.3 Å². The first-order chi connectivity index (χ1) is 8.83. The fourth-order valence-electron chi connectivity index (χ4n) is 1.53. The maximum atomic E-state index is 10.6. The molecule has 2 rings (SSSR count). The average Bonchev–Trinajstić information content (AvgIpc) is 2.89. The zero-order valence-corrected chi connectivity index (χ0v) is 11.1. The molecular formula is C14H15NO2S. The lowest BCUT2D eigenvalue weighted by Crippen LogP contribution is -1.95. The van der Waals surface area contributed by atoms with Crippen molar-refractivity contribution in [3.63, 3.8) is 0 Å². The molecule has 0 atom stereocenters. The van der Waals surface area contributed by atoms with Gasteiger partial charge in [-0.05, 0) is 30.7 Å². The second-order valence-corrected chi connectivity index (χ2v) is 4.80. The van der Waals surface area contributed by atoms with Crippen LogP contribution in [0.1, 0.15) is 29.6 Å². The van der Waals surface area contributed by atoms with E-state index in [0.717, 1.165) is 42.7 Å². The number of aldehydes is 1. The summed E-state index contributed by atoms with van der Waals surface area (Å²) in [5.41, 5.74) is 1.84. The number of carbonyl (C=O) groups is 1. The molecule has 0 saturated carbocycles. The Hall–Kier alpha value is -1.68. The van der Waals surface area contributed by atoms with E-state index in [-0.39, 0.29) is 0 Å². The van der Waals surface area contributed by atoms with Crippen molar-refractivity contribution in [2.45, 2.75) is 19.8 Å². The van der Waals surface area contributed by atoms with E-state index in [1.165, 1.54) is 11.3 Å². The van der Waals surface area contributed by atoms with Gasteiger partial charge in [0.25, 0.3) is 0 Å². The molecule has 0 radical (unpaired) electrons. The molecule has 0 unspecified atom stereocenters. The first-order valence-electron chi connectivity index (χ1n) is 5.97. The normalized spacial score (nSPS) is 10.3. The van der Waals surface area contributed by atoms with E-state index in [1.54, 1.807) is 0 Å². The minimum absolute atomic E-state index is 0.508. The molecule has 0 aliphatic carbocycles. The number of aromatic nitrogens is 1. The summed E-state index contributed by atoms with van der Waals surface area (Å²) in [5, 5.41) is 2.39. The number of benzene rings is 1. The second-order valence-electron chi connectivity index (χ2n) is 3.92. The summed E-state index contributed by atoms with van der Waals surface area (Å²) in [7, 11) is 0. The Kier molecular flexibility index (Phi) is 4.47. The third-order valence-electron chi connectivity index (χ3n) is 2.54. The Morgan fingerprint density at radius 3 is 2.72 bits per heavy atom. The lowest BCUT2D eigenvalue weighted by atomic mass is 10.2. The van der Waals surface area contributed by atoms with Gasteiger partial charge in [-0.3, -0.25) is 4.79 Å². The number of hydrogen-bond acceptors (Lipinski definition) is 4. The molecule has 0 spiro atoms. The number of hydrogen-bond donors (Lipinski definition) is 0. The Morgan fingerprint density at radius 2 is 2.11 bits per heavy atom. The van der Waals surface area contributed by atoms with Crippen molar-refractivity contribution in [2.24, 2.45) is 0 Å². The molecule has 1 aromatic carbocycles. The predicted octanol–water partition coefficient (Wildman–Crippen LogP) is 3.80. The topological polar surface area (TPSA) is 39.2 Å². The number of nitrogens with zero attached hydrogens (tertiary/aromatic N) is 1. The summed E-state index contributed by atoms with van der Waals surface area (Å²) in [4.78, 5) is 14.8. The van der Waals surface area contributed by atoms with Gasteiger partial charge >= 0.3 is 0 Å². The van der Waals surface area contributed by atoms with E-state index in [4.69, 9.17) is 4.74 Å². The Labute approximate surface area is 110 Å². The maximum Gasteiger partial charge on any atom is 0.178 e. The molecule has 2 aromatic rings. The smallest absolute Gasteiger partial charge is 0.178 e. The highest BCUT2D eigenvalue weighted by Crippen LogP contribution is 2.23. The van der Waals surface area contributed by atoms with E-state index < -0.39 is 0 Å². The predicted molar refractivity (Wildman–Crippen MR) is 73.3 cm³/mol. The molecule has 0 saturated heterocycles. The standard InChI is InChI=1S/C14H15NO2S/c1-2-3-8-17-12-6-4-11(5-7-12)13-10-18-14(9-16)15-13/h4-7,9-10H,2-3,8H2,1H3. The van der Waals surface area contributed by atoms with E-state index >= 15 is 0 Å². The molecule has 0 N–H and O–H groups in total. The third-order valence-corrected chi connectivity index (χ3v) is 3.31. The molecule has 18 heavy (non-hydrogen) atoms. The van der Waals surface area contributed by atoms with Crippen LogP contribution in [-0.2, 0) is 0 Å². The van der Waals surface area contributed by atoms with Gasteiger partial charge in [-0.1, -0.05) is 13.3 Å². The number of thiazole rings is 1. The largest absolute Gasteiger partial charge is 0.494 e. The summed E-state index contributed by atoms with van der Waals surface area (Å²) in [6.45, 7) is 2.89. The lowest BCUT2D eigenvalue weighted by molar-refractivity contribution is 0.112. The highest BCUT2D eigenvalue weighted by molar-refractivity contribution is 7.11. The Morgan fingerprint density at radius 1 is 1.33 bits per heavy atom. The van der Waals surface area contributed by atoms with E-state index in [0.29, 0.717) is 5.01 Å². The van der Waals surface area contributed by atoms with Crippen LogP contribution in [0.2, 0.25) is 0 Å². The molecule has 1 aromatic heterocycles. The molecule has 1 heterocycles. The monoisotopic (exact) mass is 261 g/mol. The van der Waals surface area contributed by atoms with Crippen molar-refractivity contribution in [3.05, 3.63) is 34.7 Å². The summed E-state index contributed by atoms with van der Waals surface area (Å²) >= 11 is 1.36. The van der Waals surface area contributed by atoms with Crippen molar-refractivity contribution < 1.29 is 9.53 Å². The number of rotatable bonds is 6. The third kappa shape index (κ3) is 3.17. The van der Waals surface area contributed by atoms with Gasteiger partial charge in [0, 0.05) is 10.9 Å². The molecular weight excluding hydrogens is 246 g/mol. The number of ether oxygens (including phenoxy) is 1. The fraction of sp³-hybridized carbons (Fsp3) is 0.286. The molecule has 0 amide bonds. The molecule has 0 aliphatic heterocycles. The number of unbranched alkanes of at least 4 members (excludes halogenated alkanes) is 1. The van der Waals surface area contributed by atoms with Crippen molar-refractivity contribution >= 4 is 17.6 Å². The second kappa shape index (κ2) is 6.31. The van der Waals surface area contributed by atoms with Crippen LogP contribution in [0.3, 0.4) is 0 Å². The first-order valence-corrected chi connectivity index (χ1v) is 6.85. The maximum absolute atomic E-state index is 10.6. The summed E-state index contributed by atoms with van der Waals surface area (Å²) < 4.78 is 5.59. The average molecular weight is 261 g/mol. The highest BCUT2D eigenvalue weighted by atomic mass is 32.1. The first kappa shape index (κ1) is 12.8. The van der Waals surface area contributed by atoms with Gasteiger partial charge in [-0.25, -0.2) is 4.98 Å². The fourth-order valence-corrected chi connectivity index (χ4v) is 2.16. The van der Waals surface area contributed by atoms with Crippen LogP contribution in [0.5, 0.6) is 5.75 Å². The SMILES string of the molecule is CCCCOc1ccc(-c2csc(C=O)n2)cc1.